The van der Waals surface area contributed by atoms with E-state index in [2.05, 4.69) is 25.9 Å². The molecule has 61 heavy (non-hydrogen) atoms. The van der Waals surface area contributed by atoms with Crippen molar-refractivity contribution >= 4 is 40.5 Å². The van der Waals surface area contributed by atoms with Crippen LogP contribution in [0.5, 0.6) is 11.5 Å². The summed E-state index contributed by atoms with van der Waals surface area (Å²) < 4.78 is 125. The highest BCUT2D eigenvalue weighted by Gasteiger charge is 2.43. The Morgan fingerprint density at radius 2 is 0.951 bits per heavy atom. The van der Waals surface area contributed by atoms with Crippen molar-refractivity contribution < 1.29 is 51.1 Å². The van der Waals surface area contributed by atoms with Crippen LogP contribution in [0.2, 0.25) is 0 Å². The van der Waals surface area contributed by atoms with Gasteiger partial charge in [-0.15, -0.1) is 0 Å². The minimum absolute atomic E-state index is 0. The molecule has 0 aliphatic carbocycles. The Morgan fingerprint density at radius 1 is 0.590 bits per heavy atom. The molecule has 0 aromatic heterocycles. The van der Waals surface area contributed by atoms with Gasteiger partial charge in [0.05, 0.1) is 33.4 Å². The van der Waals surface area contributed by atoms with Gasteiger partial charge in [0.25, 0.3) is 0 Å². The second-order valence-corrected chi connectivity index (χ2v) is 20.6. The molecule has 1 unspecified atom stereocenters. The molecule has 4 aromatic rings. The topological polar surface area (TPSA) is 220 Å². The maximum Gasteiger partial charge on any atom is 0.446 e. The SMILES string of the molecule is C.C.C.CCC1(CC)CS(=O)(=O)c2cc(OS(=O)(=O)O)ccc2C(c2ccccc2)N1.CCCC[C@]1(CC)CS(=O)(=O)c2cc(OS(=O)(=O)O)ccc2[C@@H](c2ccccc2)N1. The van der Waals surface area contributed by atoms with Gasteiger partial charge in [0.1, 0.15) is 11.5 Å². The lowest BCUT2D eigenvalue weighted by atomic mass is 9.88. The summed E-state index contributed by atoms with van der Waals surface area (Å²) in [4.78, 5) is 0.00982. The Balaban J connectivity index is 0.000000401. The number of hydrogen-bond acceptors (Lipinski definition) is 12. The van der Waals surface area contributed by atoms with Gasteiger partial charge in [-0.05, 0) is 60.1 Å². The van der Waals surface area contributed by atoms with Crippen LogP contribution in [-0.2, 0) is 40.5 Å². The van der Waals surface area contributed by atoms with E-state index in [4.69, 9.17) is 9.11 Å². The molecule has 2 aliphatic rings. The van der Waals surface area contributed by atoms with E-state index in [-0.39, 0.29) is 55.1 Å². The van der Waals surface area contributed by atoms with Crippen molar-refractivity contribution in [1.82, 2.24) is 10.6 Å². The van der Waals surface area contributed by atoms with Crippen molar-refractivity contribution in [3.05, 3.63) is 119 Å². The zero-order valence-electron chi connectivity index (χ0n) is 32.7. The van der Waals surface area contributed by atoms with E-state index in [0.717, 1.165) is 30.0 Å². The standard InChI is InChI=1S/C21H27NO6S2.C19H23NO6S2.3CH4/c1-3-5-13-21(4-2)15-29(23,24)19-14-17(28-30(25,26)27)11-12-18(19)20(22-21)16-9-7-6-8-10-16;1-3-19(4-2)13-27(21,22)17-12-15(26-28(23,24)25)10-11-16(17)18(20-19)14-8-6-5-7-9-14;;;/h6-12,14,20,22H,3-5,13,15H2,1-2H3,(H,25,26,27);5-12,18,20H,3-4,13H2,1-2H3,(H,23,24,25);3*1H4/t20-,21-;;;;/m1..../s1. The Labute approximate surface area is 364 Å². The van der Waals surface area contributed by atoms with Crippen LogP contribution in [0.4, 0.5) is 0 Å². The smallest absolute Gasteiger partial charge is 0.362 e. The van der Waals surface area contributed by atoms with Crippen LogP contribution in [0.25, 0.3) is 0 Å². The zero-order chi connectivity index (χ0) is 42.6. The van der Waals surface area contributed by atoms with Gasteiger partial charge in [0.15, 0.2) is 19.7 Å². The lowest BCUT2D eigenvalue weighted by Gasteiger charge is -2.35. The highest BCUT2D eigenvalue weighted by Crippen LogP contribution is 2.41. The molecule has 340 valence electrons. The van der Waals surface area contributed by atoms with E-state index in [1.165, 1.54) is 24.3 Å². The summed E-state index contributed by atoms with van der Waals surface area (Å²) in [6.45, 7) is 7.92. The number of rotatable bonds is 12. The molecule has 0 amide bonds. The normalized spacial score (nSPS) is 21.0. The van der Waals surface area contributed by atoms with Crippen molar-refractivity contribution in [2.24, 2.45) is 0 Å². The van der Waals surface area contributed by atoms with Crippen LogP contribution < -0.4 is 19.0 Å². The third kappa shape index (κ3) is 13.1. The largest absolute Gasteiger partial charge is 0.446 e. The molecule has 0 saturated carbocycles. The molecular formula is C43H62N2O12S4. The number of nitrogens with one attached hydrogen (secondary N) is 2. The Kier molecular flexibility index (Phi) is 18.3. The minimum atomic E-state index is -4.77. The molecule has 0 bridgehead atoms. The van der Waals surface area contributed by atoms with Gasteiger partial charge in [-0.25, -0.2) is 16.8 Å². The highest BCUT2D eigenvalue weighted by molar-refractivity contribution is 7.92. The van der Waals surface area contributed by atoms with E-state index in [9.17, 15) is 33.7 Å². The summed E-state index contributed by atoms with van der Waals surface area (Å²) in [6, 6.07) is 26.3. The van der Waals surface area contributed by atoms with Crippen LogP contribution in [0.3, 0.4) is 0 Å². The van der Waals surface area contributed by atoms with Gasteiger partial charge in [-0.1, -0.05) is 136 Å². The van der Waals surface area contributed by atoms with E-state index in [1.54, 1.807) is 6.07 Å². The summed E-state index contributed by atoms with van der Waals surface area (Å²) in [5.74, 6) is -0.734. The molecule has 4 aromatic carbocycles. The molecule has 6 rings (SSSR count). The van der Waals surface area contributed by atoms with Crippen molar-refractivity contribution in [2.75, 3.05) is 11.5 Å². The first-order valence-corrected chi connectivity index (χ1v) is 24.9. The average molecular weight is 927 g/mol. The lowest BCUT2D eigenvalue weighted by molar-refractivity contribution is 0.295. The zero-order valence-corrected chi connectivity index (χ0v) is 35.9. The van der Waals surface area contributed by atoms with E-state index >= 15 is 0 Å². The van der Waals surface area contributed by atoms with Gasteiger partial charge in [0.2, 0.25) is 0 Å². The number of hydrogen-bond donors (Lipinski definition) is 4. The average Bonchev–Trinajstić information content (AvgIpc) is 3.34. The maximum absolute atomic E-state index is 13.4. The van der Waals surface area contributed by atoms with Gasteiger partial charge < -0.3 is 8.37 Å². The van der Waals surface area contributed by atoms with E-state index in [0.29, 0.717) is 36.8 Å². The minimum Gasteiger partial charge on any atom is -0.362 e. The summed E-state index contributed by atoms with van der Waals surface area (Å²) in [7, 11) is -17.0. The second kappa shape index (κ2) is 21.0. The molecule has 0 radical (unpaired) electrons. The van der Waals surface area contributed by atoms with Crippen molar-refractivity contribution in [3.63, 3.8) is 0 Å². The number of benzene rings is 4. The Morgan fingerprint density at radius 3 is 1.30 bits per heavy atom. The van der Waals surface area contributed by atoms with Crippen LogP contribution in [0.15, 0.2) is 107 Å². The molecule has 2 heterocycles. The van der Waals surface area contributed by atoms with E-state index in [1.807, 2.05) is 81.4 Å². The van der Waals surface area contributed by atoms with Crippen molar-refractivity contribution in [2.45, 2.75) is 121 Å². The van der Waals surface area contributed by atoms with Gasteiger partial charge in [-0.3, -0.25) is 19.7 Å². The fourth-order valence-electron chi connectivity index (χ4n) is 7.64. The predicted octanol–water partition coefficient (Wildman–Crippen LogP) is 8.48. The third-order valence-corrected chi connectivity index (χ3v) is 15.5. The van der Waals surface area contributed by atoms with Gasteiger partial charge in [0, 0.05) is 23.2 Å². The molecule has 3 atom stereocenters. The maximum atomic E-state index is 13.4. The third-order valence-electron chi connectivity index (χ3n) is 10.8. The quantitative estimate of drug-likeness (QED) is 0.0980. The molecule has 2 aliphatic heterocycles. The number of unbranched alkanes of at least 4 members (excludes halogenated alkanes) is 1. The molecule has 4 N–H and O–H groups in total. The number of fused-ring (bicyclic) bond motifs is 2. The second-order valence-electron chi connectivity index (χ2n) is 14.6. The van der Waals surface area contributed by atoms with E-state index < -0.39 is 63.6 Å². The summed E-state index contributed by atoms with van der Waals surface area (Å²) in [6.07, 6.45) is 4.36. The van der Waals surface area contributed by atoms with Crippen molar-refractivity contribution in [3.8, 4) is 11.5 Å². The van der Waals surface area contributed by atoms with Gasteiger partial charge >= 0.3 is 20.8 Å². The number of sulfone groups is 2. The van der Waals surface area contributed by atoms with Crippen LogP contribution in [-0.4, -0.2) is 65.4 Å². The van der Waals surface area contributed by atoms with Crippen LogP contribution >= 0.6 is 0 Å². The molecule has 0 spiro atoms. The highest BCUT2D eigenvalue weighted by atomic mass is 32.3. The summed E-state index contributed by atoms with van der Waals surface area (Å²) in [5.41, 5.74) is 1.58. The monoisotopic (exact) mass is 926 g/mol. The Bertz CT molecular complexity index is 2520. The van der Waals surface area contributed by atoms with Crippen LogP contribution in [0.1, 0.15) is 123 Å². The lowest BCUT2D eigenvalue weighted by Crippen LogP contribution is -2.50. The fourth-order valence-corrected chi connectivity index (χ4v) is 12.7. The van der Waals surface area contributed by atoms with Crippen LogP contribution in [0, 0.1) is 0 Å². The Hall–Kier alpha value is -3.88. The molecule has 18 heteroatoms. The molecule has 0 saturated heterocycles. The first kappa shape index (κ1) is 53.3. The molecule has 0 fully saturated rings. The van der Waals surface area contributed by atoms with Gasteiger partial charge in [-0.2, -0.15) is 16.8 Å². The fraction of sp³-hybridized carbons (Fsp3) is 0.442. The van der Waals surface area contributed by atoms with Crippen molar-refractivity contribution in [1.29, 1.82) is 0 Å². The summed E-state index contributed by atoms with van der Waals surface area (Å²) in [5, 5.41) is 7.16. The molecule has 14 nitrogen and oxygen atoms in total. The summed E-state index contributed by atoms with van der Waals surface area (Å²) >= 11 is 0. The predicted molar refractivity (Wildman–Crippen MR) is 240 cm³/mol. The first-order valence-electron chi connectivity index (χ1n) is 18.9. The molecular weight excluding hydrogens is 865 g/mol. The first-order chi connectivity index (χ1) is 27.2.